The molecule has 3 aromatic rings. The first kappa shape index (κ1) is 15.3. The molecule has 0 bridgehead atoms. The van der Waals surface area contributed by atoms with Crippen LogP contribution in [0.4, 0.5) is 10.4 Å². The van der Waals surface area contributed by atoms with Crippen LogP contribution < -0.4 is 16.0 Å². The van der Waals surface area contributed by atoms with E-state index in [0.29, 0.717) is 27.8 Å². The van der Waals surface area contributed by atoms with Crippen LogP contribution in [0.2, 0.25) is 5.02 Å². The van der Waals surface area contributed by atoms with E-state index in [1.54, 1.807) is 30.3 Å². The van der Waals surface area contributed by atoms with Crippen molar-refractivity contribution in [2.75, 3.05) is 5.43 Å². The van der Waals surface area contributed by atoms with Gasteiger partial charge in [-0.1, -0.05) is 28.8 Å². The first-order valence-electron chi connectivity index (χ1n) is 6.63. The van der Waals surface area contributed by atoms with Gasteiger partial charge in [0.2, 0.25) is 5.89 Å². The molecule has 118 valence electrons. The van der Waals surface area contributed by atoms with E-state index >= 15 is 0 Å². The number of hydrogen-bond donors (Lipinski definition) is 2. The maximum Gasteiger partial charge on any atom is 0.330 e. The van der Waals surface area contributed by atoms with Gasteiger partial charge in [-0.2, -0.15) is 0 Å². The maximum atomic E-state index is 13.0. The predicted molar refractivity (Wildman–Crippen MR) is 83.3 cm³/mol. The summed E-state index contributed by atoms with van der Waals surface area (Å²) in [5.41, 5.74) is 3.64. The summed E-state index contributed by atoms with van der Waals surface area (Å²) >= 11 is 5.97. The zero-order valence-electron chi connectivity index (χ0n) is 11.8. The maximum absolute atomic E-state index is 13.0. The standard InChI is InChI=1S/C15H12ClFN4O2/c16-13-7-11(17)5-4-10(13)8-22-12-3-1-2-9(6-12)14-20-21-15(19-18)23-14/h1-7H,8,18H2,(H,19,21). The van der Waals surface area contributed by atoms with Gasteiger partial charge in [0.1, 0.15) is 18.2 Å². The highest BCUT2D eigenvalue weighted by atomic mass is 35.5. The van der Waals surface area contributed by atoms with Gasteiger partial charge in [-0.25, -0.2) is 10.2 Å². The minimum atomic E-state index is -0.388. The molecule has 0 spiro atoms. The van der Waals surface area contributed by atoms with Gasteiger partial charge in [-0.05, 0) is 30.3 Å². The first-order chi connectivity index (χ1) is 11.2. The molecule has 1 heterocycles. The highest BCUT2D eigenvalue weighted by Gasteiger charge is 2.09. The fourth-order valence-corrected chi connectivity index (χ4v) is 2.14. The highest BCUT2D eigenvalue weighted by Crippen LogP contribution is 2.25. The second kappa shape index (κ2) is 6.64. The lowest BCUT2D eigenvalue weighted by atomic mass is 10.2. The Hall–Kier alpha value is -2.64. The molecule has 0 unspecified atom stereocenters. The summed E-state index contributed by atoms with van der Waals surface area (Å²) in [6.07, 6.45) is 0. The predicted octanol–water partition coefficient (Wildman–Crippen LogP) is 3.39. The summed E-state index contributed by atoms with van der Waals surface area (Å²) in [6, 6.07) is 11.4. The first-order valence-corrected chi connectivity index (χ1v) is 7.01. The summed E-state index contributed by atoms with van der Waals surface area (Å²) in [5, 5.41) is 7.89. The van der Waals surface area contributed by atoms with Gasteiger partial charge in [0.05, 0.1) is 5.02 Å². The molecule has 0 aliphatic carbocycles. The van der Waals surface area contributed by atoms with Gasteiger partial charge in [-0.15, -0.1) is 5.10 Å². The Balaban J connectivity index is 1.75. The van der Waals surface area contributed by atoms with Crippen LogP contribution in [0.1, 0.15) is 5.56 Å². The minimum absolute atomic E-state index is 0.115. The average molecular weight is 335 g/mol. The molecule has 0 amide bonds. The van der Waals surface area contributed by atoms with Crippen molar-refractivity contribution in [2.24, 2.45) is 5.84 Å². The van der Waals surface area contributed by atoms with Crippen LogP contribution in [0.15, 0.2) is 46.9 Å². The second-order valence-corrected chi connectivity index (χ2v) is 5.02. The molecule has 2 aromatic carbocycles. The van der Waals surface area contributed by atoms with E-state index in [1.807, 2.05) is 0 Å². The van der Waals surface area contributed by atoms with Crippen LogP contribution in [0.5, 0.6) is 5.75 Å². The molecule has 3 rings (SSSR count). The third-order valence-electron chi connectivity index (χ3n) is 3.04. The molecule has 0 saturated heterocycles. The SMILES string of the molecule is NNc1nnc(-c2cccc(OCc3ccc(F)cc3Cl)c2)o1. The lowest BCUT2D eigenvalue weighted by Crippen LogP contribution is -2.06. The third-order valence-corrected chi connectivity index (χ3v) is 3.39. The molecule has 0 aliphatic rings. The van der Waals surface area contributed by atoms with Crippen LogP contribution in [0, 0.1) is 5.82 Å². The Labute approximate surface area is 136 Å². The summed E-state index contributed by atoms with van der Waals surface area (Å²) < 4.78 is 24.0. The number of halogens is 2. The van der Waals surface area contributed by atoms with Crippen molar-refractivity contribution in [3.63, 3.8) is 0 Å². The summed E-state index contributed by atoms with van der Waals surface area (Å²) in [4.78, 5) is 0. The zero-order chi connectivity index (χ0) is 16.2. The van der Waals surface area contributed by atoms with E-state index in [0.717, 1.165) is 0 Å². The quantitative estimate of drug-likeness (QED) is 0.549. The molecule has 23 heavy (non-hydrogen) atoms. The summed E-state index contributed by atoms with van der Waals surface area (Å²) in [7, 11) is 0. The van der Waals surface area contributed by atoms with E-state index in [1.165, 1.54) is 12.1 Å². The monoisotopic (exact) mass is 334 g/mol. The number of rotatable bonds is 5. The van der Waals surface area contributed by atoms with E-state index < -0.39 is 0 Å². The summed E-state index contributed by atoms with van der Waals surface area (Å²) in [6.45, 7) is 0.210. The van der Waals surface area contributed by atoms with Crippen LogP contribution >= 0.6 is 11.6 Å². The lowest BCUT2D eigenvalue weighted by molar-refractivity contribution is 0.306. The van der Waals surface area contributed by atoms with E-state index in [-0.39, 0.29) is 18.4 Å². The number of hydrazine groups is 1. The van der Waals surface area contributed by atoms with Crippen LogP contribution in [-0.4, -0.2) is 10.2 Å². The normalized spacial score (nSPS) is 10.6. The molecule has 0 aliphatic heterocycles. The van der Waals surface area contributed by atoms with Gasteiger partial charge < -0.3 is 9.15 Å². The number of nitrogen functional groups attached to an aromatic ring is 1. The molecule has 0 atom stereocenters. The van der Waals surface area contributed by atoms with Gasteiger partial charge in [0.25, 0.3) is 0 Å². The van der Waals surface area contributed by atoms with Crippen molar-refractivity contribution in [2.45, 2.75) is 6.61 Å². The Morgan fingerprint density at radius 2 is 2.09 bits per heavy atom. The molecule has 3 N–H and O–H groups in total. The number of anilines is 1. The van der Waals surface area contributed by atoms with Crippen molar-refractivity contribution < 1.29 is 13.5 Å². The van der Waals surface area contributed by atoms with E-state index in [9.17, 15) is 4.39 Å². The van der Waals surface area contributed by atoms with E-state index in [4.69, 9.17) is 26.6 Å². The average Bonchev–Trinajstić information content (AvgIpc) is 3.03. The van der Waals surface area contributed by atoms with Gasteiger partial charge in [0.15, 0.2) is 0 Å². The lowest BCUT2D eigenvalue weighted by Gasteiger charge is -2.08. The Morgan fingerprint density at radius 1 is 1.22 bits per heavy atom. The van der Waals surface area contributed by atoms with Crippen molar-refractivity contribution in [1.82, 2.24) is 10.2 Å². The number of benzene rings is 2. The fraction of sp³-hybridized carbons (Fsp3) is 0.0667. The third kappa shape index (κ3) is 3.58. The number of nitrogens with two attached hydrogens (primary N) is 1. The summed E-state index contributed by atoms with van der Waals surface area (Å²) in [5.74, 6) is 5.71. The van der Waals surface area contributed by atoms with Crippen molar-refractivity contribution in [3.05, 3.63) is 58.9 Å². The Morgan fingerprint density at radius 3 is 2.83 bits per heavy atom. The molecular weight excluding hydrogens is 323 g/mol. The highest BCUT2D eigenvalue weighted by molar-refractivity contribution is 6.31. The van der Waals surface area contributed by atoms with Crippen molar-refractivity contribution in [1.29, 1.82) is 0 Å². The zero-order valence-corrected chi connectivity index (χ0v) is 12.5. The largest absolute Gasteiger partial charge is 0.489 e. The van der Waals surface area contributed by atoms with Crippen molar-refractivity contribution in [3.8, 4) is 17.2 Å². The topological polar surface area (TPSA) is 86.2 Å². The number of ether oxygens (including phenoxy) is 1. The van der Waals surface area contributed by atoms with E-state index in [2.05, 4.69) is 15.6 Å². The number of nitrogens with one attached hydrogen (secondary N) is 1. The van der Waals surface area contributed by atoms with Gasteiger partial charge in [-0.3, -0.25) is 5.43 Å². The van der Waals surface area contributed by atoms with Crippen LogP contribution in [0.3, 0.4) is 0 Å². The number of nitrogens with zero attached hydrogens (tertiary/aromatic N) is 2. The molecule has 1 aromatic heterocycles. The van der Waals surface area contributed by atoms with Gasteiger partial charge >= 0.3 is 6.01 Å². The molecule has 6 nitrogen and oxygen atoms in total. The van der Waals surface area contributed by atoms with Crippen LogP contribution in [-0.2, 0) is 6.61 Å². The van der Waals surface area contributed by atoms with Crippen molar-refractivity contribution >= 4 is 17.6 Å². The molecule has 8 heteroatoms. The number of hydrogen-bond acceptors (Lipinski definition) is 6. The Kier molecular flexibility index (Phi) is 4.40. The smallest absolute Gasteiger partial charge is 0.330 e. The number of aromatic nitrogens is 2. The molecular formula is C15H12ClFN4O2. The van der Waals surface area contributed by atoms with Gasteiger partial charge in [0, 0.05) is 11.1 Å². The van der Waals surface area contributed by atoms with Crippen LogP contribution in [0.25, 0.3) is 11.5 Å². The fourth-order valence-electron chi connectivity index (χ4n) is 1.92. The minimum Gasteiger partial charge on any atom is -0.489 e. The second-order valence-electron chi connectivity index (χ2n) is 4.61. The molecule has 0 saturated carbocycles. The molecule has 0 radical (unpaired) electrons. The Bertz CT molecular complexity index is 825. The molecule has 0 fully saturated rings.